The van der Waals surface area contributed by atoms with E-state index in [1.54, 1.807) is 18.2 Å². The van der Waals surface area contributed by atoms with E-state index in [0.29, 0.717) is 17.0 Å². The van der Waals surface area contributed by atoms with E-state index in [2.05, 4.69) is 15.9 Å². The van der Waals surface area contributed by atoms with Crippen molar-refractivity contribution in [1.29, 1.82) is 0 Å². The van der Waals surface area contributed by atoms with Gasteiger partial charge >= 0.3 is 5.97 Å². The zero-order valence-electron chi connectivity index (χ0n) is 11.0. The third-order valence-electron chi connectivity index (χ3n) is 3.03. The molecule has 2 atom stereocenters. The maximum Gasteiger partial charge on any atom is 0.311 e. The van der Waals surface area contributed by atoms with E-state index >= 15 is 0 Å². The van der Waals surface area contributed by atoms with E-state index in [1.807, 2.05) is 6.92 Å². The molecule has 0 aromatic heterocycles. The van der Waals surface area contributed by atoms with Crippen LogP contribution in [0.1, 0.15) is 37.9 Å². The van der Waals surface area contributed by atoms with Crippen molar-refractivity contribution in [3.63, 3.8) is 0 Å². The molecule has 1 N–H and O–H groups in total. The molecule has 106 valence electrons. The molecule has 0 bridgehead atoms. The molecular weight excluding hydrogens is 332 g/mol. The van der Waals surface area contributed by atoms with Gasteiger partial charge in [0.2, 0.25) is 0 Å². The molecule has 3 nitrogen and oxygen atoms in total. The second-order valence-electron chi connectivity index (χ2n) is 4.38. The maximum absolute atomic E-state index is 11.8. The average molecular weight is 350 g/mol. The van der Waals surface area contributed by atoms with Crippen molar-refractivity contribution in [2.45, 2.75) is 32.3 Å². The topological polar surface area (TPSA) is 46.5 Å². The number of esters is 1. The van der Waals surface area contributed by atoms with Crippen LogP contribution in [0.15, 0.2) is 22.7 Å². The van der Waals surface area contributed by atoms with Crippen LogP contribution in [0.25, 0.3) is 0 Å². The molecule has 0 amide bonds. The summed E-state index contributed by atoms with van der Waals surface area (Å²) in [6, 6.07) is 5.21. The highest BCUT2D eigenvalue weighted by Gasteiger charge is 2.29. The van der Waals surface area contributed by atoms with Gasteiger partial charge in [-0.2, -0.15) is 0 Å². The summed E-state index contributed by atoms with van der Waals surface area (Å²) in [4.78, 5) is 11.8. The van der Waals surface area contributed by atoms with E-state index in [9.17, 15) is 9.90 Å². The van der Waals surface area contributed by atoms with Crippen LogP contribution in [0.4, 0.5) is 0 Å². The standard InChI is InChI=1S/C14H18BrClO3/c1-3-4-5-11(14(18)19-2)13(17)10-7-6-9(15)8-12(10)16/h6-8,11,13,17H,3-5H2,1-2H3. The SMILES string of the molecule is CCCCC(C(=O)OC)C(O)c1ccc(Br)cc1Cl. The number of aliphatic hydroxyl groups is 1. The van der Waals surface area contributed by atoms with Crippen molar-refractivity contribution in [3.8, 4) is 0 Å². The van der Waals surface area contributed by atoms with Crippen LogP contribution >= 0.6 is 27.5 Å². The molecule has 0 heterocycles. The van der Waals surface area contributed by atoms with Gasteiger partial charge in [-0.3, -0.25) is 4.79 Å². The van der Waals surface area contributed by atoms with E-state index in [1.165, 1.54) is 7.11 Å². The van der Waals surface area contributed by atoms with Gasteiger partial charge in [-0.25, -0.2) is 0 Å². The molecule has 0 saturated heterocycles. The summed E-state index contributed by atoms with van der Waals surface area (Å²) in [5.41, 5.74) is 0.552. The third kappa shape index (κ3) is 4.48. The molecule has 2 unspecified atom stereocenters. The number of rotatable bonds is 6. The summed E-state index contributed by atoms with van der Waals surface area (Å²) in [6.45, 7) is 2.04. The Morgan fingerprint density at radius 3 is 2.74 bits per heavy atom. The summed E-state index contributed by atoms with van der Waals surface area (Å²) in [6.07, 6.45) is 1.44. The zero-order chi connectivity index (χ0) is 14.4. The average Bonchev–Trinajstić information content (AvgIpc) is 2.38. The van der Waals surface area contributed by atoms with Crippen LogP contribution in [0, 0.1) is 5.92 Å². The largest absolute Gasteiger partial charge is 0.469 e. The number of carbonyl (C=O) groups is 1. The Morgan fingerprint density at radius 2 is 2.21 bits per heavy atom. The number of hydrogen-bond donors (Lipinski definition) is 1. The first-order valence-corrected chi connectivity index (χ1v) is 7.39. The van der Waals surface area contributed by atoms with Gasteiger partial charge in [0, 0.05) is 15.1 Å². The fourth-order valence-electron chi connectivity index (χ4n) is 1.94. The second-order valence-corrected chi connectivity index (χ2v) is 5.71. The minimum atomic E-state index is -0.945. The number of methoxy groups -OCH3 is 1. The number of carbonyl (C=O) groups excluding carboxylic acids is 1. The Kier molecular flexibility index (Phi) is 6.83. The van der Waals surface area contributed by atoms with Crippen LogP contribution < -0.4 is 0 Å². The Labute approximate surface area is 127 Å². The molecule has 1 aromatic rings. The van der Waals surface area contributed by atoms with Crippen molar-refractivity contribution < 1.29 is 14.6 Å². The van der Waals surface area contributed by atoms with Crippen LogP contribution in [-0.4, -0.2) is 18.2 Å². The molecule has 0 spiro atoms. The molecule has 0 aliphatic carbocycles. The highest BCUT2D eigenvalue weighted by Crippen LogP contribution is 2.33. The van der Waals surface area contributed by atoms with Crippen molar-refractivity contribution in [2.24, 2.45) is 5.92 Å². The molecule has 0 radical (unpaired) electrons. The number of unbranched alkanes of at least 4 members (excludes halogenated alkanes) is 1. The highest BCUT2D eigenvalue weighted by atomic mass is 79.9. The van der Waals surface area contributed by atoms with E-state index in [0.717, 1.165) is 17.3 Å². The third-order valence-corrected chi connectivity index (χ3v) is 3.86. The first-order chi connectivity index (χ1) is 9.01. The van der Waals surface area contributed by atoms with Crippen LogP contribution in [0.3, 0.4) is 0 Å². The Morgan fingerprint density at radius 1 is 1.53 bits per heavy atom. The van der Waals surface area contributed by atoms with Crippen molar-refractivity contribution in [1.82, 2.24) is 0 Å². The minimum Gasteiger partial charge on any atom is -0.469 e. The lowest BCUT2D eigenvalue weighted by atomic mass is 9.91. The minimum absolute atomic E-state index is 0.403. The lowest BCUT2D eigenvalue weighted by molar-refractivity contribution is -0.150. The molecule has 19 heavy (non-hydrogen) atoms. The molecule has 0 aliphatic rings. The van der Waals surface area contributed by atoms with Gasteiger partial charge in [0.25, 0.3) is 0 Å². The molecule has 1 rings (SSSR count). The van der Waals surface area contributed by atoms with E-state index in [-0.39, 0.29) is 0 Å². The van der Waals surface area contributed by atoms with Crippen molar-refractivity contribution in [2.75, 3.05) is 7.11 Å². The molecular formula is C14H18BrClO3. The van der Waals surface area contributed by atoms with Crippen molar-refractivity contribution in [3.05, 3.63) is 33.3 Å². The molecule has 0 fully saturated rings. The predicted molar refractivity (Wildman–Crippen MR) is 79.1 cm³/mol. The van der Waals surface area contributed by atoms with Gasteiger partial charge in [0.1, 0.15) is 0 Å². The summed E-state index contributed by atoms with van der Waals surface area (Å²) in [5, 5.41) is 10.8. The fourth-order valence-corrected chi connectivity index (χ4v) is 2.72. The first kappa shape index (κ1) is 16.5. The lowest BCUT2D eigenvalue weighted by Gasteiger charge is -2.21. The van der Waals surface area contributed by atoms with Gasteiger partial charge in [0.15, 0.2) is 0 Å². The second kappa shape index (κ2) is 7.88. The fraction of sp³-hybridized carbons (Fsp3) is 0.500. The van der Waals surface area contributed by atoms with E-state index in [4.69, 9.17) is 16.3 Å². The van der Waals surface area contributed by atoms with Crippen LogP contribution in [0.2, 0.25) is 5.02 Å². The zero-order valence-corrected chi connectivity index (χ0v) is 13.4. The van der Waals surface area contributed by atoms with Gasteiger partial charge < -0.3 is 9.84 Å². The predicted octanol–water partition coefficient (Wildman–Crippen LogP) is 4.12. The number of aliphatic hydroxyl groups excluding tert-OH is 1. The number of benzene rings is 1. The normalized spacial score (nSPS) is 13.9. The smallest absolute Gasteiger partial charge is 0.311 e. The number of hydrogen-bond acceptors (Lipinski definition) is 3. The molecule has 0 aliphatic heterocycles. The van der Waals surface area contributed by atoms with E-state index < -0.39 is 18.0 Å². The Balaban J connectivity index is 2.97. The summed E-state index contributed by atoms with van der Waals surface area (Å²) in [5.74, 6) is -0.983. The highest BCUT2D eigenvalue weighted by molar-refractivity contribution is 9.10. The maximum atomic E-state index is 11.8. The number of ether oxygens (including phenoxy) is 1. The summed E-state index contributed by atoms with van der Waals surface area (Å²) >= 11 is 9.42. The van der Waals surface area contributed by atoms with Gasteiger partial charge in [0.05, 0.1) is 19.1 Å². The number of halogens is 2. The van der Waals surface area contributed by atoms with Crippen LogP contribution in [0.5, 0.6) is 0 Å². The molecule has 0 saturated carbocycles. The molecule has 1 aromatic carbocycles. The van der Waals surface area contributed by atoms with Gasteiger partial charge in [-0.1, -0.05) is 53.4 Å². The Hall–Kier alpha value is -0.580. The van der Waals surface area contributed by atoms with Crippen LogP contribution in [-0.2, 0) is 9.53 Å². The quantitative estimate of drug-likeness (QED) is 0.786. The summed E-state index contributed by atoms with van der Waals surface area (Å²) in [7, 11) is 1.33. The summed E-state index contributed by atoms with van der Waals surface area (Å²) < 4.78 is 5.59. The van der Waals surface area contributed by atoms with Gasteiger partial charge in [-0.05, 0) is 18.6 Å². The van der Waals surface area contributed by atoms with Gasteiger partial charge in [-0.15, -0.1) is 0 Å². The molecule has 5 heteroatoms. The monoisotopic (exact) mass is 348 g/mol. The van der Waals surface area contributed by atoms with Crippen molar-refractivity contribution >= 4 is 33.5 Å². The first-order valence-electron chi connectivity index (χ1n) is 6.22. The Bertz CT molecular complexity index is 437. The lowest BCUT2D eigenvalue weighted by Crippen LogP contribution is -2.24.